The SMILES string of the molecule is CC1=S(C)CC2CC1C2. The highest BCUT2D eigenvalue weighted by atomic mass is 32.2. The van der Waals surface area contributed by atoms with Crippen molar-refractivity contribution in [1.82, 2.24) is 0 Å². The minimum Gasteiger partial charge on any atom is -0.189 e. The minimum absolute atomic E-state index is 0.701. The molecule has 0 aromatic rings. The van der Waals surface area contributed by atoms with Gasteiger partial charge in [-0.05, 0) is 48.5 Å². The van der Waals surface area contributed by atoms with Gasteiger partial charge in [0.25, 0.3) is 0 Å². The van der Waals surface area contributed by atoms with Gasteiger partial charge in [-0.15, -0.1) is 0 Å². The summed E-state index contributed by atoms with van der Waals surface area (Å²) < 4.78 is 0. The minimum atomic E-state index is 0.701. The van der Waals surface area contributed by atoms with Crippen LogP contribution >= 0.6 is 10.5 Å². The number of hydrogen-bond donors (Lipinski definition) is 0. The highest BCUT2D eigenvalue weighted by Gasteiger charge is 2.34. The number of fused-ring (bicyclic) bond motifs is 1. The first-order chi connectivity index (χ1) is 4.27. The quantitative estimate of drug-likeness (QED) is 0.454. The van der Waals surface area contributed by atoms with Crippen LogP contribution in [0.2, 0.25) is 0 Å². The molecule has 1 saturated carbocycles. The van der Waals surface area contributed by atoms with E-state index in [1.54, 1.807) is 0 Å². The average molecular weight is 142 g/mol. The molecule has 0 amide bonds. The molecular weight excluding hydrogens is 128 g/mol. The summed E-state index contributed by atoms with van der Waals surface area (Å²) >= 11 is 0. The Balaban J connectivity index is 2.28. The molecular formula is C8H14S. The predicted octanol–water partition coefficient (Wildman–Crippen LogP) is 2.12. The van der Waals surface area contributed by atoms with Crippen molar-refractivity contribution in [3.8, 4) is 0 Å². The zero-order valence-corrected chi connectivity index (χ0v) is 7.00. The van der Waals surface area contributed by atoms with Gasteiger partial charge in [-0.2, -0.15) is 10.5 Å². The Hall–Kier alpha value is 0.220. The molecule has 0 aromatic heterocycles. The summed E-state index contributed by atoms with van der Waals surface area (Å²) in [5.41, 5.74) is 0. The van der Waals surface area contributed by atoms with Crippen LogP contribution in [0.3, 0.4) is 0 Å². The maximum Gasteiger partial charge on any atom is -0.00914 e. The molecule has 52 valence electrons. The van der Waals surface area contributed by atoms with E-state index in [2.05, 4.69) is 13.2 Å². The fourth-order valence-corrected chi connectivity index (χ4v) is 3.98. The van der Waals surface area contributed by atoms with E-state index in [0.717, 1.165) is 11.8 Å². The molecule has 1 unspecified atom stereocenters. The Morgan fingerprint density at radius 1 is 1.44 bits per heavy atom. The first-order valence-electron chi connectivity index (χ1n) is 3.73. The average Bonchev–Trinajstić information content (AvgIpc) is 1.72. The van der Waals surface area contributed by atoms with Gasteiger partial charge in [0.2, 0.25) is 0 Å². The Kier molecular flexibility index (Phi) is 1.23. The van der Waals surface area contributed by atoms with Crippen LogP contribution in [0, 0.1) is 11.8 Å². The third-order valence-corrected chi connectivity index (χ3v) is 5.25. The van der Waals surface area contributed by atoms with Crippen molar-refractivity contribution in [2.45, 2.75) is 19.8 Å². The predicted molar refractivity (Wildman–Crippen MR) is 45.3 cm³/mol. The molecule has 0 N–H and O–H groups in total. The topological polar surface area (TPSA) is 0 Å². The summed E-state index contributed by atoms with van der Waals surface area (Å²) in [6.45, 7) is 2.36. The lowest BCUT2D eigenvalue weighted by Crippen LogP contribution is -2.35. The van der Waals surface area contributed by atoms with E-state index < -0.39 is 0 Å². The van der Waals surface area contributed by atoms with Crippen LogP contribution in [0.4, 0.5) is 0 Å². The maximum atomic E-state index is 2.41. The van der Waals surface area contributed by atoms with E-state index in [4.69, 9.17) is 0 Å². The molecule has 3 aliphatic rings. The molecule has 1 atom stereocenters. The van der Waals surface area contributed by atoms with Crippen LogP contribution in [0.1, 0.15) is 19.8 Å². The highest BCUT2D eigenvalue weighted by Crippen LogP contribution is 2.44. The van der Waals surface area contributed by atoms with E-state index in [-0.39, 0.29) is 0 Å². The Bertz CT molecular complexity index is 163. The molecule has 3 rings (SSSR count). The second-order valence-electron chi connectivity index (χ2n) is 3.45. The molecule has 0 saturated heterocycles. The van der Waals surface area contributed by atoms with Crippen LogP contribution in [-0.4, -0.2) is 16.9 Å². The number of hydrogen-bond acceptors (Lipinski definition) is 0. The van der Waals surface area contributed by atoms with E-state index in [0.29, 0.717) is 10.5 Å². The van der Waals surface area contributed by atoms with Crippen LogP contribution in [0.15, 0.2) is 0 Å². The molecule has 0 radical (unpaired) electrons. The molecule has 1 aliphatic carbocycles. The van der Waals surface area contributed by atoms with Crippen molar-refractivity contribution in [3.63, 3.8) is 0 Å². The standard InChI is InChI=1S/C8H14S/c1-6-8-3-7(4-8)5-9(6)2/h7-8H,3-5H2,1-2H3. The first kappa shape index (κ1) is 5.96. The highest BCUT2D eigenvalue weighted by molar-refractivity contribution is 8.15. The van der Waals surface area contributed by atoms with Crippen molar-refractivity contribution in [2.75, 3.05) is 12.0 Å². The van der Waals surface area contributed by atoms with Gasteiger partial charge in [0.1, 0.15) is 0 Å². The molecule has 0 nitrogen and oxygen atoms in total. The largest absolute Gasteiger partial charge is 0.189 e. The van der Waals surface area contributed by atoms with Crippen molar-refractivity contribution < 1.29 is 0 Å². The van der Waals surface area contributed by atoms with Crippen molar-refractivity contribution >= 4 is 15.3 Å². The summed E-state index contributed by atoms with van der Waals surface area (Å²) in [6, 6.07) is 0. The molecule has 1 fully saturated rings. The zero-order chi connectivity index (χ0) is 6.43. The second-order valence-corrected chi connectivity index (χ2v) is 5.70. The van der Waals surface area contributed by atoms with Gasteiger partial charge >= 0.3 is 0 Å². The number of rotatable bonds is 0. The van der Waals surface area contributed by atoms with E-state index in [1.165, 1.54) is 18.6 Å². The fourth-order valence-electron chi connectivity index (χ4n) is 1.97. The smallest absolute Gasteiger partial charge is 0.00914 e. The fraction of sp³-hybridized carbons (Fsp3) is 0.875. The van der Waals surface area contributed by atoms with E-state index in [9.17, 15) is 0 Å². The van der Waals surface area contributed by atoms with Crippen LogP contribution in [0.5, 0.6) is 0 Å². The maximum absolute atomic E-state index is 2.41. The summed E-state index contributed by atoms with van der Waals surface area (Å²) in [4.78, 5) is 1.82. The van der Waals surface area contributed by atoms with Gasteiger partial charge in [-0.1, -0.05) is 0 Å². The van der Waals surface area contributed by atoms with Crippen LogP contribution in [0.25, 0.3) is 0 Å². The third-order valence-electron chi connectivity index (χ3n) is 2.85. The van der Waals surface area contributed by atoms with Gasteiger partial charge in [-0.25, -0.2) is 0 Å². The molecule has 1 heteroatoms. The van der Waals surface area contributed by atoms with Crippen molar-refractivity contribution in [1.29, 1.82) is 0 Å². The lowest BCUT2D eigenvalue weighted by atomic mass is 9.74. The Labute approximate surface area is 59.6 Å². The molecule has 2 bridgehead atoms. The summed E-state index contributed by atoms with van der Waals surface area (Å²) in [5.74, 6) is 3.70. The summed E-state index contributed by atoms with van der Waals surface area (Å²) in [6.07, 6.45) is 5.47. The van der Waals surface area contributed by atoms with Gasteiger partial charge in [0, 0.05) is 0 Å². The van der Waals surface area contributed by atoms with Crippen LogP contribution < -0.4 is 0 Å². The normalized spacial score (nSPS) is 48.7. The van der Waals surface area contributed by atoms with Crippen molar-refractivity contribution in [2.24, 2.45) is 11.8 Å². The van der Waals surface area contributed by atoms with Crippen LogP contribution in [-0.2, 0) is 0 Å². The third kappa shape index (κ3) is 0.778. The van der Waals surface area contributed by atoms with E-state index in [1.807, 2.05) is 4.86 Å². The second kappa shape index (κ2) is 1.85. The molecule has 2 aliphatic heterocycles. The lowest BCUT2D eigenvalue weighted by Gasteiger charge is -2.42. The molecule has 9 heavy (non-hydrogen) atoms. The monoisotopic (exact) mass is 142 g/mol. The lowest BCUT2D eigenvalue weighted by molar-refractivity contribution is 0.283. The Morgan fingerprint density at radius 3 is 2.44 bits per heavy atom. The molecule has 2 heterocycles. The summed E-state index contributed by atoms with van der Waals surface area (Å²) in [5, 5.41) is 0. The molecule has 0 aromatic carbocycles. The zero-order valence-electron chi connectivity index (χ0n) is 6.18. The van der Waals surface area contributed by atoms with Gasteiger partial charge in [-0.3, -0.25) is 0 Å². The van der Waals surface area contributed by atoms with Gasteiger partial charge in [0.15, 0.2) is 0 Å². The van der Waals surface area contributed by atoms with E-state index >= 15 is 0 Å². The first-order valence-corrected chi connectivity index (χ1v) is 5.53. The summed E-state index contributed by atoms with van der Waals surface area (Å²) in [7, 11) is 0.701. The van der Waals surface area contributed by atoms with Gasteiger partial charge < -0.3 is 0 Å². The van der Waals surface area contributed by atoms with Crippen molar-refractivity contribution in [3.05, 3.63) is 0 Å². The Morgan fingerprint density at radius 2 is 2.11 bits per heavy atom. The molecule has 0 spiro atoms. The van der Waals surface area contributed by atoms with Gasteiger partial charge in [0.05, 0.1) is 0 Å².